The minimum atomic E-state index is 0.0902. The summed E-state index contributed by atoms with van der Waals surface area (Å²) < 4.78 is 0. The van der Waals surface area contributed by atoms with Gasteiger partial charge in [0.1, 0.15) is 0 Å². The first-order valence-electron chi connectivity index (χ1n) is 7.58. The van der Waals surface area contributed by atoms with Crippen LogP contribution in [-0.4, -0.2) is 30.9 Å². The number of nitrogens with zero attached hydrogens (tertiary/aromatic N) is 1. The van der Waals surface area contributed by atoms with Gasteiger partial charge in [-0.1, -0.05) is 43.2 Å². The van der Waals surface area contributed by atoms with Crippen LogP contribution in [0, 0.1) is 5.92 Å². The molecule has 0 spiro atoms. The molecule has 1 aromatic carbocycles. The topological polar surface area (TPSA) is 32.3 Å². The van der Waals surface area contributed by atoms with Crippen LogP contribution < -0.4 is 5.32 Å². The molecular formula is C17H26N2O. The molecule has 0 aromatic heterocycles. The summed E-state index contributed by atoms with van der Waals surface area (Å²) in [5, 5.41) is 3.17. The van der Waals surface area contributed by atoms with Gasteiger partial charge in [-0.25, -0.2) is 0 Å². The van der Waals surface area contributed by atoms with E-state index in [4.69, 9.17) is 0 Å². The largest absolute Gasteiger partial charge is 0.353 e. The minimum absolute atomic E-state index is 0.0902. The van der Waals surface area contributed by atoms with Gasteiger partial charge in [-0.2, -0.15) is 0 Å². The predicted molar refractivity (Wildman–Crippen MR) is 82.4 cm³/mol. The van der Waals surface area contributed by atoms with E-state index >= 15 is 0 Å². The molecule has 3 atom stereocenters. The van der Waals surface area contributed by atoms with Crippen molar-refractivity contribution < 1.29 is 4.79 Å². The summed E-state index contributed by atoms with van der Waals surface area (Å²) >= 11 is 0. The summed E-state index contributed by atoms with van der Waals surface area (Å²) in [5.74, 6) is 0.581. The monoisotopic (exact) mass is 274 g/mol. The first-order chi connectivity index (χ1) is 9.59. The zero-order valence-electron chi connectivity index (χ0n) is 12.8. The third-order valence-corrected chi connectivity index (χ3v) is 4.31. The number of hydrogen-bond donors (Lipinski definition) is 1. The molecule has 1 unspecified atom stereocenters. The van der Waals surface area contributed by atoms with Crippen LogP contribution in [-0.2, 0) is 4.79 Å². The lowest BCUT2D eigenvalue weighted by Gasteiger charge is -2.40. The van der Waals surface area contributed by atoms with E-state index in [1.807, 2.05) is 0 Å². The molecule has 0 aliphatic heterocycles. The highest BCUT2D eigenvalue weighted by Gasteiger charge is 2.34. The lowest BCUT2D eigenvalue weighted by Crippen LogP contribution is -2.46. The molecular weight excluding hydrogens is 248 g/mol. The van der Waals surface area contributed by atoms with Crippen molar-refractivity contribution in [3.63, 3.8) is 0 Å². The Bertz CT molecular complexity index is 430. The Balaban J connectivity index is 2.24. The summed E-state index contributed by atoms with van der Waals surface area (Å²) in [6.07, 6.45) is 4.76. The van der Waals surface area contributed by atoms with Crippen molar-refractivity contribution in [3.8, 4) is 0 Å². The van der Waals surface area contributed by atoms with Gasteiger partial charge in [-0.3, -0.25) is 4.79 Å². The summed E-state index contributed by atoms with van der Waals surface area (Å²) in [4.78, 5) is 13.8. The fraction of sp³-hybridized carbons (Fsp3) is 0.588. The third-order valence-electron chi connectivity index (χ3n) is 4.31. The van der Waals surface area contributed by atoms with Crippen molar-refractivity contribution in [2.75, 3.05) is 14.1 Å². The van der Waals surface area contributed by atoms with E-state index in [2.05, 4.69) is 54.6 Å². The molecule has 3 heteroatoms. The fourth-order valence-corrected chi connectivity index (χ4v) is 3.56. The van der Waals surface area contributed by atoms with Crippen LogP contribution in [0.25, 0.3) is 0 Å². The first kappa shape index (κ1) is 15.0. The fourth-order valence-electron chi connectivity index (χ4n) is 3.56. The second-order valence-corrected chi connectivity index (χ2v) is 6.07. The highest BCUT2D eigenvalue weighted by atomic mass is 16.1. The van der Waals surface area contributed by atoms with Crippen LogP contribution in [0.3, 0.4) is 0 Å². The van der Waals surface area contributed by atoms with Crippen LogP contribution in [0.5, 0.6) is 0 Å². The van der Waals surface area contributed by atoms with Gasteiger partial charge in [0, 0.05) is 19.0 Å². The quantitative estimate of drug-likeness (QED) is 0.915. The summed E-state index contributed by atoms with van der Waals surface area (Å²) in [7, 11) is 4.27. The van der Waals surface area contributed by atoms with E-state index in [1.54, 1.807) is 6.92 Å². The normalized spacial score (nSPS) is 24.4. The molecule has 0 heterocycles. The van der Waals surface area contributed by atoms with Crippen LogP contribution in [0.15, 0.2) is 30.3 Å². The smallest absolute Gasteiger partial charge is 0.217 e. The molecule has 110 valence electrons. The van der Waals surface area contributed by atoms with Gasteiger partial charge in [-0.15, -0.1) is 0 Å². The highest BCUT2D eigenvalue weighted by molar-refractivity contribution is 5.73. The molecule has 0 saturated heterocycles. The zero-order chi connectivity index (χ0) is 14.5. The number of carbonyl (C=O) groups is 1. The Morgan fingerprint density at radius 1 is 1.20 bits per heavy atom. The van der Waals surface area contributed by atoms with E-state index < -0.39 is 0 Å². The Kier molecular flexibility index (Phi) is 5.18. The second kappa shape index (κ2) is 6.89. The molecule has 3 nitrogen and oxygen atoms in total. The van der Waals surface area contributed by atoms with E-state index in [0.717, 1.165) is 6.42 Å². The first-order valence-corrected chi connectivity index (χ1v) is 7.58. The van der Waals surface area contributed by atoms with Crippen molar-refractivity contribution in [1.29, 1.82) is 0 Å². The molecule has 1 aromatic rings. The van der Waals surface area contributed by atoms with Crippen molar-refractivity contribution in [2.45, 2.75) is 44.7 Å². The zero-order valence-corrected chi connectivity index (χ0v) is 12.8. The number of rotatable bonds is 4. The molecule has 1 saturated carbocycles. The van der Waals surface area contributed by atoms with Crippen molar-refractivity contribution in [2.24, 2.45) is 5.92 Å². The maximum absolute atomic E-state index is 11.5. The molecule has 0 bridgehead atoms. The SMILES string of the molecule is CC(=O)N[C@@H]1CCCC[C@H]1C(c1ccccc1)N(C)C. The van der Waals surface area contributed by atoms with Crippen LogP contribution in [0.4, 0.5) is 0 Å². The minimum Gasteiger partial charge on any atom is -0.353 e. The second-order valence-electron chi connectivity index (χ2n) is 6.07. The van der Waals surface area contributed by atoms with E-state index in [9.17, 15) is 4.79 Å². The molecule has 1 amide bonds. The van der Waals surface area contributed by atoms with Crippen LogP contribution >= 0.6 is 0 Å². The number of nitrogens with one attached hydrogen (secondary N) is 1. The standard InChI is InChI=1S/C17H26N2O/c1-13(20)18-16-12-8-7-11-15(16)17(19(2)3)14-9-5-4-6-10-14/h4-6,9-10,15-17H,7-8,11-12H2,1-3H3,(H,18,20)/t15-,16-,17?/m1/s1. The Morgan fingerprint density at radius 3 is 2.45 bits per heavy atom. The van der Waals surface area contributed by atoms with Crippen molar-refractivity contribution in [1.82, 2.24) is 10.2 Å². The summed E-state index contributed by atoms with van der Waals surface area (Å²) in [6, 6.07) is 11.3. The van der Waals surface area contributed by atoms with Gasteiger partial charge in [0.05, 0.1) is 0 Å². The third kappa shape index (κ3) is 3.60. The maximum Gasteiger partial charge on any atom is 0.217 e. The molecule has 1 N–H and O–H groups in total. The van der Waals surface area contributed by atoms with Gasteiger partial charge in [0.15, 0.2) is 0 Å². The molecule has 2 rings (SSSR count). The highest BCUT2D eigenvalue weighted by Crippen LogP contribution is 2.37. The van der Waals surface area contributed by atoms with Crippen molar-refractivity contribution >= 4 is 5.91 Å². The molecule has 20 heavy (non-hydrogen) atoms. The van der Waals surface area contributed by atoms with Gasteiger partial charge in [0.2, 0.25) is 5.91 Å². The molecule has 1 fully saturated rings. The number of hydrogen-bond acceptors (Lipinski definition) is 2. The lowest BCUT2D eigenvalue weighted by molar-refractivity contribution is -0.120. The predicted octanol–water partition coefficient (Wildman–Crippen LogP) is 2.98. The summed E-state index contributed by atoms with van der Waals surface area (Å²) in [5.41, 5.74) is 1.35. The Morgan fingerprint density at radius 2 is 1.85 bits per heavy atom. The van der Waals surface area contributed by atoms with Gasteiger partial charge in [0.25, 0.3) is 0 Å². The average molecular weight is 274 g/mol. The molecule has 1 aliphatic rings. The Labute approximate surface area is 122 Å². The number of carbonyl (C=O) groups excluding carboxylic acids is 1. The molecule has 0 radical (unpaired) electrons. The lowest BCUT2D eigenvalue weighted by atomic mass is 9.77. The van der Waals surface area contributed by atoms with Gasteiger partial charge in [-0.05, 0) is 38.4 Å². The number of benzene rings is 1. The van der Waals surface area contributed by atoms with E-state index in [0.29, 0.717) is 18.0 Å². The van der Waals surface area contributed by atoms with Crippen LogP contribution in [0.2, 0.25) is 0 Å². The maximum atomic E-state index is 11.5. The molecule has 1 aliphatic carbocycles. The summed E-state index contributed by atoms with van der Waals surface area (Å²) in [6.45, 7) is 1.62. The van der Waals surface area contributed by atoms with Gasteiger partial charge >= 0.3 is 0 Å². The van der Waals surface area contributed by atoms with E-state index in [-0.39, 0.29) is 5.91 Å². The average Bonchev–Trinajstić information content (AvgIpc) is 2.41. The van der Waals surface area contributed by atoms with Crippen molar-refractivity contribution in [3.05, 3.63) is 35.9 Å². The van der Waals surface area contributed by atoms with Crippen LogP contribution in [0.1, 0.15) is 44.2 Å². The van der Waals surface area contributed by atoms with E-state index in [1.165, 1.54) is 24.8 Å². The number of amides is 1. The Hall–Kier alpha value is -1.35. The van der Waals surface area contributed by atoms with Gasteiger partial charge < -0.3 is 10.2 Å².